The molecule has 2 N–H and O–H groups in total. The molecule has 0 aromatic heterocycles. The van der Waals surface area contributed by atoms with E-state index in [1.165, 1.54) is 11.1 Å². The van der Waals surface area contributed by atoms with Crippen LogP contribution in [-0.2, 0) is 13.4 Å². The predicted octanol–water partition coefficient (Wildman–Crippen LogP) is 7.97. The summed E-state index contributed by atoms with van der Waals surface area (Å²) < 4.78 is 0. The number of rotatable bonds is 0. The number of hydrogen-bond acceptors (Lipinski definition) is 0. The summed E-state index contributed by atoms with van der Waals surface area (Å²) in [6.07, 6.45) is 0. The molecule has 0 aliphatic rings. The average Bonchev–Trinajstić information content (AvgIpc) is 2.43. The SMILES string of the molecule is Cc1cc(C)c([NH-])c(C)c1.Cc1cc(C)c([NH-])c(C)c1.[Cl][Cr][Cl]. The quantitative estimate of drug-likeness (QED) is 0.437. The van der Waals surface area contributed by atoms with Crippen molar-refractivity contribution in [2.45, 2.75) is 41.5 Å². The van der Waals surface area contributed by atoms with E-state index in [1.54, 1.807) is 0 Å². The van der Waals surface area contributed by atoms with E-state index in [1.807, 2.05) is 52.0 Å². The Bertz CT molecular complexity index is 541. The summed E-state index contributed by atoms with van der Waals surface area (Å²) in [7, 11) is 9.65. The first-order valence-electron chi connectivity index (χ1n) is 7.12. The third-order valence-electron chi connectivity index (χ3n) is 3.35. The van der Waals surface area contributed by atoms with Crippen molar-refractivity contribution in [2.75, 3.05) is 0 Å². The second-order valence-corrected chi connectivity index (χ2v) is 7.71. The molecule has 2 rings (SSSR count). The molecule has 0 radical (unpaired) electrons. The number of nitrogens with one attached hydrogen (secondary N) is 2. The maximum atomic E-state index is 7.54. The van der Waals surface area contributed by atoms with Crippen LogP contribution in [0.3, 0.4) is 0 Å². The van der Waals surface area contributed by atoms with Crippen molar-refractivity contribution in [3.63, 3.8) is 0 Å². The zero-order chi connectivity index (χ0) is 18.2. The Balaban J connectivity index is 0.000000360. The van der Waals surface area contributed by atoms with Gasteiger partial charge in [-0.1, -0.05) is 57.6 Å². The maximum absolute atomic E-state index is 7.54. The molecule has 2 nitrogen and oxygen atoms in total. The monoisotopic (exact) mass is 390 g/mol. The molecule has 0 fully saturated rings. The fourth-order valence-corrected chi connectivity index (χ4v) is 2.36. The molecule has 0 atom stereocenters. The van der Waals surface area contributed by atoms with Crippen LogP contribution in [0.5, 0.6) is 0 Å². The zero-order valence-corrected chi connectivity index (χ0v) is 17.3. The first-order valence-corrected chi connectivity index (χ1v) is 10.6. The molecule has 23 heavy (non-hydrogen) atoms. The summed E-state index contributed by atoms with van der Waals surface area (Å²) >= 11 is -0.181. The first kappa shape index (κ1) is 22.2. The van der Waals surface area contributed by atoms with E-state index in [4.69, 9.17) is 31.6 Å². The van der Waals surface area contributed by atoms with Crippen LogP contribution < -0.4 is 0 Å². The molecule has 0 heterocycles. The second kappa shape index (κ2) is 10.8. The molecule has 0 saturated heterocycles. The van der Waals surface area contributed by atoms with Gasteiger partial charge in [0.1, 0.15) is 0 Å². The van der Waals surface area contributed by atoms with Gasteiger partial charge in [0.05, 0.1) is 0 Å². The average molecular weight is 391 g/mol. The Kier molecular flexibility index (Phi) is 10.4. The molecule has 0 saturated carbocycles. The number of hydrogen-bond donors (Lipinski definition) is 0. The molecule has 5 heteroatoms. The molecule has 0 spiro atoms. The summed E-state index contributed by atoms with van der Waals surface area (Å²) in [6, 6.07) is 8.15. The standard InChI is InChI=1S/2C9H12N.2ClH.Cr/c2*1-6-4-7(2)9(10)8(3)5-6;;;/h2*4-5,10H,1-3H3;2*1H;/q2*-1;;;+2/p-2. The van der Waals surface area contributed by atoms with Gasteiger partial charge < -0.3 is 11.5 Å². The Morgan fingerprint density at radius 1 is 0.609 bits per heavy atom. The van der Waals surface area contributed by atoms with Crippen molar-refractivity contribution in [1.29, 1.82) is 0 Å². The molecular weight excluding hydrogens is 367 g/mol. The van der Waals surface area contributed by atoms with Gasteiger partial charge in [-0.2, -0.15) is 0 Å². The summed E-state index contributed by atoms with van der Waals surface area (Å²) in [5.41, 5.74) is 23.2. The van der Waals surface area contributed by atoms with Crippen LogP contribution in [-0.4, -0.2) is 0 Å². The number of halogens is 2. The minimum absolute atomic E-state index is 0.181. The third-order valence-corrected chi connectivity index (χ3v) is 3.35. The van der Waals surface area contributed by atoms with E-state index >= 15 is 0 Å². The zero-order valence-electron chi connectivity index (χ0n) is 14.5. The van der Waals surface area contributed by atoms with Crippen molar-refractivity contribution in [1.82, 2.24) is 0 Å². The van der Waals surface area contributed by atoms with E-state index < -0.39 is 0 Å². The van der Waals surface area contributed by atoms with Gasteiger partial charge in [-0.05, 0) is 41.5 Å². The van der Waals surface area contributed by atoms with Gasteiger partial charge >= 0.3 is 33.5 Å². The van der Waals surface area contributed by atoms with E-state index in [0.717, 1.165) is 22.3 Å². The molecule has 2 aromatic carbocycles. The van der Waals surface area contributed by atoms with Crippen LogP contribution in [0, 0.1) is 41.5 Å². The van der Waals surface area contributed by atoms with E-state index in [0.29, 0.717) is 11.4 Å². The molecule has 0 aliphatic carbocycles. The minimum atomic E-state index is -0.181. The molecule has 0 unspecified atom stereocenters. The van der Waals surface area contributed by atoms with Gasteiger partial charge in [-0.3, -0.25) is 0 Å². The Hall–Kier alpha value is -0.848. The predicted molar refractivity (Wildman–Crippen MR) is 101 cm³/mol. The van der Waals surface area contributed by atoms with Gasteiger partial charge in [-0.25, -0.2) is 0 Å². The van der Waals surface area contributed by atoms with E-state index in [2.05, 4.69) is 13.8 Å². The molecule has 128 valence electrons. The van der Waals surface area contributed by atoms with Gasteiger partial charge in [-0.15, -0.1) is 11.4 Å². The van der Waals surface area contributed by atoms with E-state index in [-0.39, 0.29) is 13.4 Å². The second-order valence-electron chi connectivity index (χ2n) is 5.61. The van der Waals surface area contributed by atoms with Crippen LogP contribution in [0.4, 0.5) is 11.4 Å². The summed E-state index contributed by atoms with van der Waals surface area (Å²) in [4.78, 5) is 0. The van der Waals surface area contributed by atoms with Gasteiger partial charge in [0.2, 0.25) is 0 Å². The first-order chi connectivity index (χ1) is 10.6. The summed E-state index contributed by atoms with van der Waals surface area (Å²) in [6.45, 7) is 12.0. The van der Waals surface area contributed by atoms with Crippen molar-refractivity contribution in [3.05, 3.63) is 69.1 Å². The molecule has 0 aliphatic heterocycles. The third kappa shape index (κ3) is 8.00. The van der Waals surface area contributed by atoms with E-state index in [9.17, 15) is 0 Å². The summed E-state index contributed by atoms with van der Waals surface area (Å²) in [5.74, 6) is 0. The Morgan fingerprint density at radius 3 is 0.957 bits per heavy atom. The normalized spacial score (nSPS) is 9.39. The molecule has 2 aromatic rings. The topological polar surface area (TPSA) is 47.6 Å². The van der Waals surface area contributed by atoms with Crippen LogP contribution in [0.1, 0.15) is 33.4 Å². The van der Waals surface area contributed by atoms with Crippen LogP contribution >= 0.6 is 20.1 Å². The Morgan fingerprint density at radius 2 is 0.783 bits per heavy atom. The van der Waals surface area contributed by atoms with Gasteiger partial charge in [0.25, 0.3) is 0 Å². The van der Waals surface area contributed by atoms with Gasteiger partial charge in [0, 0.05) is 0 Å². The number of aryl methyl sites for hydroxylation is 6. The summed E-state index contributed by atoms with van der Waals surface area (Å²) in [5, 5.41) is 0. The van der Waals surface area contributed by atoms with Crippen molar-refractivity contribution < 1.29 is 13.4 Å². The fraction of sp³-hybridized carbons (Fsp3) is 0.333. The van der Waals surface area contributed by atoms with Crippen molar-refractivity contribution in [2.24, 2.45) is 0 Å². The van der Waals surface area contributed by atoms with Crippen LogP contribution in [0.15, 0.2) is 24.3 Å². The number of benzene rings is 2. The van der Waals surface area contributed by atoms with Crippen molar-refractivity contribution in [3.8, 4) is 0 Å². The van der Waals surface area contributed by atoms with Crippen molar-refractivity contribution >= 4 is 31.5 Å². The molecule has 0 bridgehead atoms. The van der Waals surface area contributed by atoms with Crippen LogP contribution in [0.25, 0.3) is 11.5 Å². The fourth-order valence-electron chi connectivity index (χ4n) is 2.36. The van der Waals surface area contributed by atoms with Gasteiger partial charge in [0.15, 0.2) is 0 Å². The molecule has 0 amide bonds. The molecular formula is C18H24Cl2CrN2-2. The Labute approximate surface area is 155 Å². The van der Waals surface area contributed by atoms with Crippen LogP contribution in [0.2, 0.25) is 0 Å².